The summed E-state index contributed by atoms with van der Waals surface area (Å²) in [6.07, 6.45) is 0. The van der Waals surface area contributed by atoms with Gasteiger partial charge in [0.2, 0.25) is 5.91 Å². The van der Waals surface area contributed by atoms with Crippen LogP contribution < -0.4 is 9.62 Å². The van der Waals surface area contributed by atoms with Gasteiger partial charge in [-0.2, -0.15) is 0 Å². The number of sulfonamides is 1. The predicted octanol–water partition coefficient (Wildman–Crippen LogP) is 5.95. The van der Waals surface area contributed by atoms with Crippen LogP contribution >= 0.6 is 23.2 Å². The highest BCUT2D eigenvalue weighted by atomic mass is 35.5. The van der Waals surface area contributed by atoms with Crippen LogP contribution in [0.25, 0.3) is 0 Å². The molecule has 3 rings (SSSR count). The highest BCUT2D eigenvalue weighted by Gasteiger charge is 2.29. The Hall–Kier alpha value is -2.54. The minimum atomic E-state index is -4.07. The largest absolute Gasteiger partial charge is 0.325 e. The van der Waals surface area contributed by atoms with Gasteiger partial charge in [0.15, 0.2) is 0 Å². The Kier molecular flexibility index (Phi) is 7.26. The van der Waals surface area contributed by atoms with E-state index < -0.39 is 22.5 Å². The molecule has 1 N–H and O–H groups in total. The number of nitrogens with zero attached hydrogens (tertiary/aromatic N) is 1. The number of carbonyl (C=O) groups is 1. The number of amides is 1. The van der Waals surface area contributed by atoms with E-state index in [1.165, 1.54) is 18.2 Å². The zero-order valence-electron chi connectivity index (χ0n) is 17.0. The summed E-state index contributed by atoms with van der Waals surface area (Å²) in [7, 11) is -4.07. The van der Waals surface area contributed by atoms with Crippen molar-refractivity contribution in [1.29, 1.82) is 0 Å². The zero-order valence-corrected chi connectivity index (χ0v) is 19.4. The Labute approximate surface area is 192 Å². The maximum Gasteiger partial charge on any atom is 0.264 e. The summed E-state index contributed by atoms with van der Waals surface area (Å²) >= 11 is 12.4. The minimum absolute atomic E-state index is 0.0418. The van der Waals surface area contributed by atoms with Crippen molar-refractivity contribution < 1.29 is 13.2 Å². The van der Waals surface area contributed by atoms with E-state index in [4.69, 9.17) is 23.2 Å². The third kappa shape index (κ3) is 5.39. The normalized spacial score (nSPS) is 11.4. The first-order chi connectivity index (χ1) is 14.7. The molecule has 0 aliphatic carbocycles. The van der Waals surface area contributed by atoms with Crippen LogP contribution in [0.4, 0.5) is 11.4 Å². The van der Waals surface area contributed by atoms with Crippen LogP contribution in [0.2, 0.25) is 10.0 Å². The molecule has 0 atom stereocenters. The molecule has 0 fully saturated rings. The van der Waals surface area contributed by atoms with Crippen molar-refractivity contribution in [1.82, 2.24) is 0 Å². The smallest absolute Gasteiger partial charge is 0.264 e. The maximum atomic E-state index is 13.3. The highest BCUT2D eigenvalue weighted by molar-refractivity contribution is 7.92. The topological polar surface area (TPSA) is 66.5 Å². The first-order valence-electron chi connectivity index (χ1n) is 9.61. The van der Waals surface area contributed by atoms with Gasteiger partial charge < -0.3 is 5.32 Å². The van der Waals surface area contributed by atoms with Gasteiger partial charge in [0.05, 0.1) is 20.6 Å². The Morgan fingerprint density at radius 1 is 0.935 bits per heavy atom. The van der Waals surface area contributed by atoms with E-state index in [1.807, 2.05) is 12.1 Å². The third-order valence-corrected chi connectivity index (χ3v) is 7.26. The number of anilines is 2. The van der Waals surface area contributed by atoms with Gasteiger partial charge in [-0.15, -0.1) is 0 Å². The molecule has 8 heteroatoms. The Morgan fingerprint density at radius 2 is 1.58 bits per heavy atom. The molecular weight excluding hydrogens is 455 g/mol. The monoisotopic (exact) mass is 476 g/mol. The van der Waals surface area contributed by atoms with Crippen LogP contribution in [0.15, 0.2) is 77.7 Å². The fourth-order valence-corrected chi connectivity index (χ4v) is 4.89. The van der Waals surface area contributed by atoms with Crippen molar-refractivity contribution in [2.75, 3.05) is 16.2 Å². The van der Waals surface area contributed by atoms with E-state index in [9.17, 15) is 13.2 Å². The second-order valence-corrected chi connectivity index (χ2v) is 9.87. The predicted molar refractivity (Wildman–Crippen MR) is 127 cm³/mol. The third-order valence-electron chi connectivity index (χ3n) is 4.68. The van der Waals surface area contributed by atoms with Crippen molar-refractivity contribution in [2.45, 2.75) is 24.7 Å². The molecule has 0 saturated heterocycles. The molecule has 1 amide bonds. The molecule has 162 valence electrons. The van der Waals surface area contributed by atoms with Crippen molar-refractivity contribution in [2.24, 2.45) is 0 Å². The van der Waals surface area contributed by atoms with Gasteiger partial charge >= 0.3 is 0 Å². The second kappa shape index (κ2) is 9.73. The number of nitrogens with one attached hydrogen (secondary N) is 1. The van der Waals surface area contributed by atoms with E-state index in [2.05, 4.69) is 19.2 Å². The average molecular weight is 477 g/mol. The van der Waals surface area contributed by atoms with Gasteiger partial charge in [-0.1, -0.05) is 73.4 Å². The lowest BCUT2D eigenvalue weighted by atomic mass is 10.0. The summed E-state index contributed by atoms with van der Waals surface area (Å²) in [4.78, 5) is 12.8. The summed E-state index contributed by atoms with van der Waals surface area (Å²) in [5.74, 6) is -0.144. The van der Waals surface area contributed by atoms with Crippen LogP contribution in [0.1, 0.15) is 25.3 Å². The van der Waals surface area contributed by atoms with E-state index >= 15 is 0 Å². The molecule has 0 unspecified atom stereocenters. The van der Waals surface area contributed by atoms with E-state index in [1.54, 1.807) is 42.5 Å². The maximum absolute atomic E-state index is 13.3. The Balaban J connectivity index is 1.93. The van der Waals surface area contributed by atoms with Crippen LogP contribution in [0, 0.1) is 0 Å². The minimum Gasteiger partial charge on any atom is -0.325 e. The van der Waals surface area contributed by atoms with Gasteiger partial charge in [0, 0.05) is 5.69 Å². The first kappa shape index (κ1) is 23.1. The van der Waals surface area contributed by atoms with Gasteiger partial charge in [0.1, 0.15) is 6.54 Å². The van der Waals surface area contributed by atoms with E-state index in [0.29, 0.717) is 11.6 Å². The van der Waals surface area contributed by atoms with Crippen molar-refractivity contribution in [3.63, 3.8) is 0 Å². The van der Waals surface area contributed by atoms with Crippen molar-refractivity contribution >= 4 is 50.5 Å². The standard InChI is InChI=1S/C23H22Cl2N2O3S/c1-16(2)17-11-13-18(14-12-17)26-22(28)15-27(21-10-6-9-20(24)23(21)25)31(29,30)19-7-4-3-5-8-19/h3-14,16H,15H2,1-2H3,(H,26,28). The van der Waals surface area contributed by atoms with Crippen LogP contribution in [0.5, 0.6) is 0 Å². The van der Waals surface area contributed by atoms with Crippen LogP contribution in [0.3, 0.4) is 0 Å². The molecule has 0 spiro atoms. The second-order valence-electron chi connectivity index (χ2n) is 7.22. The van der Waals surface area contributed by atoms with Gasteiger partial charge in [-0.05, 0) is 47.9 Å². The average Bonchev–Trinajstić information content (AvgIpc) is 2.75. The summed E-state index contributed by atoms with van der Waals surface area (Å²) in [5, 5.41) is 2.99. The molecule has 0 aromatic heterocycles. The lowest BCUT2D eigenvalue weighted by Gasteiger charge is -2.25. The molecule has 0 bridgehead atoms. The number of hydrogen-bond donors (Lipinski definition) is 1. The molecule has 0 saturated carbocycles. The van der Waals surface area contributed by atoms with E-state index in [-0.39, 0.29) is 20.6 Å². The molecular formula is C23H22Cl2N2O3S. The van der Waals surface area contributed by atoms with Gasteiger partial charge in [-0.25, -0.2) is 8.42 Å². The number of halogens is 2. The first-order valence-corrected chi connectivity index (χ1v) is 11.8. The van der Waals surface area contributed by atoms with Crippen molar-refractivity contribution in [3.8, 4) is 0 Å². The van der Waals surface area contributed by atoms with Gasteiger partial charge in [-0.3, -0.25) is 9.10 Å². The van der Waals surface area contributed by atoms with Crippen LogP contribution in [-0.4, -0.2) is 20.9 Å². The molecule has 0 aliphatic rings. The molecule has 3 aromatic carbocycles. The summed E-state index contributed by atoms with van der Waals surface area (Å²) in [6, 6.07) is 19.9. The number of hydrogen-bond acceptors (Lipinski definition) is 3. The zero-order chi connectivity index (χ0) is 22.6. The summed E-state index contributed by atoms with van der Waals surface area (Å²) < 4.78 is 27.7. The SMILES string of the molecule is CC(C)c1ccc(NC(=O)CN(c2cccc(Cl)c2Cl)S(=O)(=O)c2ccccc2)cc1. The van der Waals surface area contributed by atoms with Gasteiger partial charge in [0.25, 0.3) is 10.0 Å². The summed E-state index contributed by atoms with van der Waals surface area (Å²) in [6.45, 7) is 3.69. The van der Waals surface area contributed by atoms with Crippen LogP contribution in [-0.2, 0) is 14.8 Å². The highest BCUT2D eigenvalue weighted by Crippen LogP contribution is 2.35. The molecule has 0 radical (unpaired) electrons. The Morgan fingerprint density at radius 3 is 2.19 bits per heavy atom. The number of rotatable bonds is 7. The fourth-order valence-electron chi connectivity index (χ4n) is 2.99. The number of benzene rings is 3. The van der Waals surface area contributed by atoms with E-state index in [0.717, 1.165) is 9.87 Å². The molecule has 31 heavy (non-hydrogen) atoms. The lowest BCUT2D eigenvalue weighted by molar-refractivity contribution is -0.114. The Bertz CT molecular complexity index is 1170. The number of carbonyl (C=O) groups excluding carboxylic acids is 1. The lowest BCUT2D eigenvalue weighted by Crippen LogP contribution is -2.38. The fraction of sp³-hybridized carbons (Fsp3) is 0.174. The molecule has 5 nitrogen and oxygen atoms in total. The van der Waals surface area contributed by atoms with Crippen molar-refractivity contribution in [3.05, 3.63) is 88.4 Å². The molecule has 0 heterocycles. The quantitative estimate of drug-likeness (QED) is 0.457. The summed E-state index contributed by atoms with van der Waals surface area (Å²) in [5.41, 5.74) is 1.84. The molecule has 0 aliphatic heterocycles. The molecule has 3 aromatic rings.